The highest BCUT2D eigenvalue weighted by atomic mass is 15.1. The van der Waals surface area contributed by atoms with Crippen LogP contribution in [0.4, 0.5) is 0 Å². The number of rotatable bonds is 8. The Morgan fingerprint density at radius 3 is 2.44 bits per heavy atom. The van der Waals surface area contributed by atoms with E-state index < -0.39 is 0 Å². The Bertz CT molecular complexity index is 233. The molecule has 0 radical (unpaired) electrons. The van der Waals surface area contributed by atoms with E-state index >= 15 is 0 Å². The quantitative estimate of drug-likeness (QED) is 0.492. The molecule has 0 aliphatic heterocycles. The molecule has 1 atom stereocenters. The summed E-state index contributed by atoms with van der Waals surface area (Å²) in [6.07, 6.45) is 4.55. The van der Waals surface area contributed by atoms with Crippen LogP contribution in [0.15, 0.2) is 0 Å². The Morgan fingerprint density at radius 2 is 2.06 bits per heavy atom. The van der Waals surface area contributed by atoms with Crippen LogP contribution in [0.1, 0.15) is 46.5 Å². The summed E-state index contributed by atoms with van der Waals surface area (Å²) in [5, 5.41) is 7.43. The van der Waals surface area contributed by atoms with E-state index in [1.54, 1.807) is 0 Å². The summed E-state index contributed by atoms with van der Waals surface area (Å²) >= 11 is 0. The van der Waals surface area contributed by atoms with Crippen molar-refractivity contribution in [2.45, 2.75) is 46.5 Å². The van der Waals surface area contributed by atoms with E-state index in [0.29, 0.717) is 11.3 Å². The average molecular weight is 225 g/mol. The SMILES string of the molecule is CCC(C)CN(CC)CC1(CC(=N)N)CC1. The molecule has 3 N–H and O–H groups in total. The van der Waals surface area contributed by atoms with Crippen molar-refractivity contribution in [2.75, 3.05) is 19.6 Å². The van der Waals surface area contributed by atoms with E-state index in [-0.39, 0.29) is 0 Å². The first-order valence-electron chi connectivity index (χ1n) is 6.56. The molecule has 0 amide bonds. The van der Waals surface area contributed by atoms with Gasteiger partial charge in [0.1, 0.15) is 0 Å². The summed E-state index contributed by atoms with van der Waals surface area (Å²) in [6.45, 7) is 10.2. The smallest absolute Gasteiger partial charge is 0.0911 e. The normalized spacial score (nSPS) is 19.8. The second-order valence-corrected chi connectivity index (χ2v) is 5.54. The fourth-order valence-electron chi connectivity index (χ4n) is 2.32. The lowest BCUT2D eigenvalue weighted by molar-refractivity contribution is 0.202. The van der Waals surface area contributed by atoms with Crippen molar-refractivity contribution in [2.24, 2.45) is 17.1 Å². The summed E-state index contributed by atoms with van der Waals surface area (Å²) in [7, 11) is 0. The molecule has 0 aromatic heterocycles. The Hall–Kier alpha value is -0.570. The summed E-state index contributed by atoms with van der Waals surface area (Å²) < 4.78 is 0. The van der Waals surface area contributed by atoms with Crippen LogP contribution < -0.4 is 5.73 Å². The molecule has 3 heteroatoms. The molecule has 0 saturated heterocycles. The molecule has 3 nitrogen and oxygen atoms in total. The number of nitrogens with one attached hydrogen (secondary N) is 1. The first-order chi connectivity index (χ1) is 7.51. The largest absolute Gasteiger partial charge is 0.388 e. The zero-order valence-electron chi connectivity index (χ0n) is 11.1. The Balaban J connectivity index is 2.40. The van der Waals surface area contributed by atoms with Crippen molar-refractivity contribution in [3.05, 3.63) is 0 Å². The van der Waals surface area contributed by atoms with E-state index in [2.05, 4.69) is 25.7 Å². The highest BCUT2D eigenvalue weighted by Gasteiger charge is 2.43. The third kappa shape index (κ3) is 4.12. The lowest BCUT2D eigenvalue weighted by Gasteiger charge is -2.28. The van der Waals surface area contributed by atoms with Gasteiger partial charge in [0, 0.05) is 19.5 Å². The fraction of sp³-hybridized carbons (Fsp3) is 0.923. The summed E-state index contributed by atoms with van der Waals surface area (Å²) in [5.74, 6) is 1.13. The van der Waals surface area contributed by atoms with Gasteiger partial charge in [-0.25, -0.2) is 0 Å². The zero-order chi connectivity index (χ0) is 12.2. The van der Waals surface area contributed by atoms with Gasteiger partial charge in [-0.05, 0) is 30.7 Å². The number of nitrogens with two attached hydrogens (primary N) is 1. The van der Waals surface area contributed by atoms with Gasteiger partial charge in [-0.1, -0.05) is 27.2 Å². The van der Waals surface area contributed by atoms with Crippen LogP contribution in [-0.4, -0.2) is 30.4 Å². The molecular formula is C13H27N3. The molecule has 0 aromatic rings. The van der Waals surface area contributed by atoms with Crippen molar-refractivity contribution in [1.29, 1.82) is 5.41 Å². The molecule has 1 saturated carbocycles. The molecule has 0 spiro atoms. The fourth-order valence-corrected chi connectivity index (χ4v) is 2.32. The topological polar surface area (TPSA) is 53.1 Å². The summed E-state index contributed by atoms with van der Waals surface area (Å²) in [6, 6.07) is 0. The van der Waals surface area contributed by atoms with E-state index in [1.165, 1.54) is 25.8 Å². The van der Waals surface area contributed by atoms with Crippen molar-refractivity contribution >= 4 is 5.84 Å². The summed E-state index contributed by atoms with van der Waals surface area (Å²) in [4.78, 5) is 2.53. The number of nitrogens with zero attached hydrogens (tertiary/aromatic N) is 1. The van der Waals surface area contributed by atoms with Gasteiger partial charge in [0.2, 0.25) is 0 Å². The maximum Gasteiger partial charge on any atom is 0.0911 e. The van der Waals surface area contributed by atoms with Gasteiger partial charge in [0.25, 0.3) is 0 Å². The number of amidine groups is 1. The van der Waals surface area contributed by atoms with E-state index in [4.69, 9.17) is 11.1 Å². The van der Waals surface area contributed by atoms with Crippen LogP contribution in [0.3, 0.4) is 0 Å². The van der Waals surface area contributed by atoms with Gasteiger partial charge in [-0.3, -0.25) is 5.41 Å². The number of hydrogen-bond donors (Lipinski definition) is 2. The van der Waals surface area contributed by atoms with Crippen LogP contribution in [0.25, 0.3) is 0 Å². The molecule has 1 aliphatic carbocycles. The molecule has 1 unspecified atom stereocenters. The van der Waals surface area contributed by atoms with E-state index in [9.17, 15) is 0 Å². The van der Waals surface area contributed by atoms with Crippen molar-refractivity contribution in [3.8, 4) is 0 Å². The first kappa shape index (κ1) is 13.5. The summed E-state index contributed by atoms with van der Waals surface area (Å²) in [5.41, 5.74) is 5.88. The minimum Gasteiger partial charge on any atom is -0.388 e. The Labute approximate surface area is 99.9 Å². The zero-order valence-corrected chi connectivity index (χ0v) is 11.1. The number of hydrogen-bond acceptors (Lipinski definition) is 2. The predicted molar refractivity (Wildman–Crippen MR) is 69.8 cm³/mol. The minimum atomic E-state index is 0.356. The second kappa shape index (κ2) is 5.67. The van der Waals surface area contributed by atoms with Crippen LogP contribution >= 0.6 is 0 Å². The molecule has 1 rings (SSSR count). The van der Waals surface area contributed by atoms with Gasteiger partial charge >= 0.3 is 0 Å². The third-order valence-corrected chi connectivity index (χ3v) is 3.80. The van der Waals surface area contributed by atoms with Crippen LogP contribution in [-0.2, 0) is 0 Å². The average Bonchev–Trinajstić information content (AvgIpc) is 2.95. The maximum atomic E-state index is 7.43. The highest BCUT2D eigenvalue weighted by Crippen LogP contribution is 2.49. The van der Waals surface area contributed by atoms with Gasteiger partial charge in [0.15, 0.2) is 0 Å². The molecule has 0 bridgehead atoms. The van der Waals surface area contributed by atoms with E-state index in [0.717, 1.165) is 25.4 Å². The van der Waals surface area contributed by atoms with Gasteiger partial charge in [-0.2, -0.15) is 0 Å². The first-order valence-corrected chi connectivity index (χ1v) is 6.56. The Kier molecular flexibility index (Phi) is 4.78. The van der Waals surface area contributed by atoms with Crippen LogP contribution in [0.2, 0.25) is 0 Å². The molecular weight excluding hydrogens is 198 g/mol. The third-order valence-electron chi connectivity index (χ3n) is 3.80. The minimum absolute atomic E-state index is 0.356. The molecule has 1 fully saturated rings. The van der Waals surface area contributed by atoms with Gasteiger partial charge in [0.05, 0.1) is 5.84 Å². The van der Waals surface area contributed by atoms with E-state index in [1.807, 2.05) is 0 Å². The van der Waals surface area contributed by atoms with Gasteiger partial charge < -0.3 is 10.6 Å². The Morgan fingerprint density at radius 1 is 1.44 bits per heavy atom. The lowest BCUT2D eigenvalue weighted by atomic mass is 10.00. The monoisotopic (exact) mass is 225 g/mol. The second-order valence-electron chi connectivity index (χ2n) is 5.54. The molecule has 94 valence electrons. The predicted octanol–water partition coefficient (Wildman–Crippen LogP) is 2.46. The van der Waals surface area contributed by atoms with Crippen LogP contribution in [0, 0.1) is 16.7 Å². The van der Waals surface area contributed by atoms with Crippen molar-refractivity contribution in [1.82, 2.24) is 4.90 Å². The molecule has 0 aromatic carbocycles. The standard InChI is InChI=1S/C13H27N3/c1-4-11(3)9-16(5-2)10-13(6-7-13)8-12(14)15/h11H,4-10H2,1-3H3,(H3,14,15). The highest BCUT2D eigenvalue weighted by molar-refractivity contribution is 5.78. The van der Waals surface area contributed by atoms with Crippen LogP contribution in [0.5, 0.6) is 0 Å². The molecule has 1 aliphatic rings. The van der Waals surface area contributed by atoms with Crippen molar-refractivity contribution in [3.63, 3.8) is 0 Å². The molecule has 0 heterocycles. The maximum absolute atomic E-state index is 7.43. The molecule has 16 heavy (non-hydrogen) atoms. The van der Waals surface area contributed by atoms with Gasteiger partial charge in [-0.15, -0.1) is 0 Å². The van der Waals surface area contributed by atoms with Crippen molar-refractivity contribution < 1.29 is 0 Å². The lowest BCUT2D eigenvalue weighted by Crippen LogP contribution is -2.35.